The first-order chi connectivity index (χ1) is 12.7. The summed E-state index contributed by atoms with van der Waals surface area (Å²) in [5.74, 6) is -0.300. The van der Waals surface area contributed by atoms with E-state index in [0.717, 1.165) is 22.0 Å². The average molecular weight is 394 g/mol. The second kappa shape index (κ2) is 7.75. The highest BCUT2D eigenvalue weighted by Gasteiger charge is 2.13. The van der Waals surface area contributed by atoms with Crippen molar-refractivity contribution in [3.8, 4) is 28.5 Å². The number of pyridine rings is 1. The fourth-order valence-corrected chi connectivity index (χ4v) is 3.14. The predicted molar refractivity (Wildman–Crippen MR) is 102 cm³/mol. The number of halogens is 3. The molecule has 0 unspecified atom stereocenters. The van der Waals surface area contributed by atoms with Crippen molar-refractivity contribution < 1.29 is 16.8 Å². The molecule has 2 nitrogen and oxygen atoms in total. The summed E-state index contributed by atoms with van der Waals surface area (Å²) >= 11 is 6.16. The van der Waals surface area contributed by atoms with Gasteiger partial charge < -0.3 is 12.4 Å². The zero-order valence-electron chi connectivity index (χ0n) is 14.0. The lowest BCUT2D eigenvalue weighted by Gasteiger charge is -2.11. The normalized spacial score (nSPS) is 10.3. The third kappa shape index (κ3) is 3.64. The molecule has 1 heterocycles. The van der Waals surface area contributed by atoms with E-state index in [1.165, 1.54) is 6.07 Å². The number of nitriles is 1. The van der Waals surface area contributed by atoms with E-state index in [2.05, 4.69) is 6.07 Å². The molecule has 0 atom stereocenters. The van der Waals surface area contributed by atoms with Crippen LogP contribution in [0, 0.1) is 17.1 Å². The fraction of sp³-hybridized carbons (Fsp3) is 0. The van der Waals surface area contributed by atoms with E-state index in [1.807, 2.05) is 24.3 Å². The predicted octanol–water partition coefficient (Wildman–Crippen LogP) is 3.24. The van der Waals surface area contributed by atoms with Gasteiger partial charge in [-0.1, -0.05) is 41.9 Å². The summed E-state index contributed by atoms with van der Waals surface area (Å²) < 4.78 is 14.4. The smallest absolute Gasteiger partial charge is 0.131 e. The van der Waals surface area contributed by atoms with E-state index in [0.29, 0.717) is 21.8 Å². The molecule has 0 saturated heterocycles. The summed E-state index contributed by atoms with van der Waals surface area (Å²) in [7, 11) is 0. The van der Waals surface area contributed by atoms with E-state index in [9.17, 15) is 4.39 Å². The van der Waals surface area contributed by atoms with Crippen molar-refractivity contribution in [3.63, 3.8) is 0 Å². The van der Waals surface area contributed by atoms with Gasteiger partial charge in [-0.2, -0.15) is 5.26 Å². The number of rotatable bonds is 2. The van der Waals surface area contributed by atoms with Gasteiger partial charge in [-0.25, -0.2) is 9.37 Å². The molecule has 0 radical (unpaired) electrons. The Morgan fingerprint density at radius 1 is 0.889 bits per heavy atom. The van der Waals surface area contributed by atoms with Crippen LogP contribution in [0.5, 0.6) is 0 Å². The molecule has 0 N–H and O–H groups in total. The van der Waals surface area contributed by atoms with Crippen molar-refractivity contribution in [2.24, 2.45) is 0 Å². The van der Waals surface area contributed by atoms with Crippen molar-refractivity contribution in [1.82, 2.24) is 4.98 Å². The van der Waals surface area contributed by atoms with Gasteiger partial charge in [0.05, 0.1) is 22.8 Å². The molecule has 0 bridgehead atoms. The number of aromatic nitrogens is 1. The second-order valence-corrected chi connectivity index (χ2v) is 6.32. The van der Waals surface area contributed by atoms with Crippen LogP contribution in [0.1, 0.15) is 5.56 Å². The molecule has 27 heavy (non-hydrogen) atoms. The fourth-order valence-electron chi connectivity index (χ4n) is 2.96. The number of fused-ring (bicyclic) bond motifs is 1. The van der Waals surface area contributed by atoms with Crippen molar-refractivity contribution in [1.29, 1.82) is 5.26 Å². The molecule has 0 aliphatic rings. The molecule has 0 aliphatic carbocycles. The van der Waals surface area contributed by atoms with Gasteiger partial charge in [0.25, 0.3) is 0 Å². The molecule has 1 aromatic heterocycles. The molecular formula is C22H12Cl2FN2-. The van der Waals surface area contributed by atoms with Gasteiger partial charge in [0.1, 0.15) is 5.82 Å². The summed E-state index contributed by atoms with van der Waals surface area (Å²) in [5.41, 5.74) is 4.11. The van der Waals surface area contributed by atoms with Crippen LogP contribution < -0.4 is 12.4 Å². The molecule has 4 aromatic rings. The van der Waals surface area contributed by atoms with Crippen molar-refractivity contribution >= 4 is 22.5 Å². The van der Waals surface area contributed by atoms with Crippen molar-refractivity contribution in [2.45, 2.75) is 0 Å². The van der Waals surface area contributed by atoms with Crippen molar-refractivity contribution in [3.05, 3.63) is 89.2 Å². The zero-order valence-corrected chi connectivity index (χ0v) is 15.5. The minimum Gasteiger partial charge on any atom is -1.00 e. The summed E-state index contributed by atoms with van der Waals surface area (Å²) in [5, 5.41) is 10.3. The first-order valence-corrected chi connectivity index (χ1v) is 8.39. The molecule has 0 aliphatic heterocycles. The SMILES string of the molecule is N#Cc1ccc(-c2cc(-c3ccccc3F)c3cc(Cl)ccc3n2)cc1.[Cl-]. The lowest BCUT2D eigenvalue weighted by Crippen LogP contribution is -3.00. The zero-order chi connectivity index (χ0) is 18.1. The quantitative estimate of drug-likeness (QED) is 0.524. The van der Waals surface area contributed by atoms with E-state index in [-0.39, 0.29) is 18.2 Å². The molecule has 5 heteroatoms. The molecule has 3 aromatic carbocycles. The number of nitrogens with zero attached hydrogens (tertiary/aromatic N) is 2. The van der Waals surface area contributed by atoms with Crippen LogP contribution in [0.25, 0.3) is 33.3 Å². The summed E-state index contributed by atoms with van der Waals surface area (Å²) in [4.78, 5) is 4.69. The molecule has 4 rings (SSSR count). The van der Waals surface area contributed by atoms with Crippen LogP contribution in [-0.4, -0.2) is 4.98 Å². The lowest BCUT2D eigenvalue weighted by atomic mass is 9.97. The molecule has 0 spiro atoms. The maximum Gasteiger partial charge on any atom is 0.131 e. The Balaban J connectivity index is 0.00000210. The Morgan fingerprint density at radius 2 is 1.63 bits per heavy atom. The Bertz CT molecular complexity index is 1170. The van der Waals surface area contributed by atoms with Crippen LogP contribution in [0.4, 0.5) is 4.39 Å². The molecule has 0 amide bonds. The molecule has 132 valence electrons. The molecular weight excluding hydrogens is 382 g/mol. The molecule has 0 saturated carbocycles. The van der Waals surface area contributed by atoms with Crippen molar-refractivity contribution in [2.75, 3.05) is 0 Å². The summed E-state index contributed by atoms with van der Waals surface area (Å²) in [6.07, 6.45) is 0. The highest BCUT2D eigenvalue weighted by Crippen LogP contribution is 2.34. The Kier molecular flexibility index (Phi) is 5.41. The number of hydrogen-bond acceptors (Lipinski definition) is 2. The van der Waals surface area contributed by atoms with Gasteiger partial charge >= 0.3 is 0 Å². The lowest BCUT2D eigenvalue weighted by molar-refractivity contribution is -0.00000578. The van der Waals surface area contributed by atoms with Crippen LogP contribution in [0.3, 0.4) is 0 Å². The maximum atomic E-state index is 14.4. The second-order valence-electron chi connectivity index (χ2n) is 5.89. The van der Waals surface area contributed by atoms with E-state index in [4.69, 9.17) is 21.8 Å². The number of benzene rings is 3. The van der Waals surface area contributed by atoms with Crippen LogP contribution in [-0.2, 0) is 0 Å². The standard InChI is InChI=1S/C22H12ClFN2.ClH/c23-16-9-10-21-19(11-16)18(17-3-1-2-4-20(17)24)12-22(26-21)15-7-5-14(13-25)6-8-15;/h1-12H;1H/p-1. The Hall–Kier alpha value is -2.93. The average Bonchev–Trinajstić information content (AvgIpc) is 2.68. The highest BCUT2D eigenvalue weighted by molar-refractivity contribution is 6.31. The van der Waals surface area contributed by atoms with Gasteiger partial charge in [-0.15, -0.1) is 0 Å². The van der Waals surface area contributed by atoms with Crippen LogP contribution >= 0.6 is 11.6 Å². The monoisotopic (exact) mass is 393 g/mol. The van der Waals surface area contributed by atoms with Gasteiger partial charge in [0.2, 0.25) is 0 Å². The van der Waals surface area contributed by atoms with E-state index in [1.54, 1.807) is 42.5 Å². The van der Waals surface area contributed by atoms with Crippen LogP contribution in [0.15, 0.2) is 72.8 Å². The van der Waals surface area contributed by atoms with Gasteiger partial charge in [-0.05, 0) is 48.0 Å². The Morgan fingerprint density at radius 3 is 2.33 bits per heavy atom. The third-order valence-electron chi connectivity index (χ3n) is 4.24. The number of hydrogen-bond donors (Lipinski definition) is 0. The van der Waals surface area contributed by atoms with E-state index < -0.39 is 0 Å². The van der Waals surface area contributed by atoms with Crippen LogP contribution in [0.2, 0.25) is 5.02 Å². The maximum absolute atomic E-state index is 14.4. The largest absolute Gasteiger partial charge is 1.00 e. The minimum atomic E-state index is -0.300. The molecule has 0 fully saturated rings. The van der Waals surface area contributed by atoms with Gasteiger partial charge in [0.15, 0.2) is 0 Å². The first-order valence-electron chi connectivity index (χ1n) is 8.01. The summed E-state index contributed by atoms with van der Waals surface area (Å²) in [6, 6.07) is 23.2. The highest BCUT2D eigenvalue weighted by atomic mass is 35.5. The summed E-state index contributed by atoms with van der Waals surface area (Å²) in [6.45, 7) is 0. The first kappa shape index (κ1) is 18.8. The van der Waals surface area contributed by atoms with E-state index >= 15 is 0 Å². The topological polar surface area (TPSA) is 36.7 Å². The van der Waals surface area contributed by atoms with Gasteiger partial charge in [-0.3, -0.25) is 0 Å². The van der Waals surface area contributed by atoms with Gasteiger partial charge in [0, 0.05) is 21.5 Å². The minimum absolute atomic E-state index is 0. The Labute approximate surface area is 167 Å². The third-order valence-corrected chi connectivity index (χ3v) is 4.48.